The number of carbonyl (C=O) groups is 2. The number of hydrogen-bond donors (Lipinski definition) is 1. The van der Waals surface area contributed by atoms with Crippen LogP contribution in [0.3, 0.4) is 0 Å². The van der Waals surface area contributed by atoms with Crippen molar-refractivity contribution in [1.82, 2.24) is 5.32 Å². The van der Waals surface area contributed by atoms with Crippen molar-refractivity contribution in [3.8, 4) is 5.75 Å². The Morgan fingerprint density at radius 2 is 2.00 bits per heavy atom. The number of benzene rings is 1. The number of ether oxygens (including phenoxy) is 2. The van der Waals surface area contributed by atoms with Crippen LogP contribution in [0.15, 0.2) is 24.3 Å². The predicted octanol–water partition coefficient (Wildman–Crippen LogP) is 1.61. The van der Waals surface area contributed by atoms with Crippen molar-refractivity contribution in [3.63, 3.8) is 0 Å². The second-order valence-corrected chi connectivity index (χ2v) is 5.07. The molecule has 110 valence electrons. The van der Waals surface area contributed by atoms with Crippen molar-refractivity contribution >= 4 is 23.6 Å². The molecule has 1 rings (SSSR count). The van der Waals surface area contributed by atoms with Crippen LogP contribution in [-0.2, 0) is 20.9 Å². The average molecular weight is 297 g/mol. The van der Waals surface area contributed by atoms with Crippen LogP contribution in [-0.4, -0.2) is 37.6 Å². The van der Waals surface area contributed by atoms with Crippen LogP contribution in [0.25, 0.3) is 0 Å². The van der Waals surface area contributed by atoms with Crippen molar-refractivity contribution in [3.05, 3.63) is 29.8 Å². The third-order valence-corrected chi connectivity index (χ3v) is 3.54. The minimum Gasteiger partial charge on any atom is -0.496 e. The van der Waals surface area contributed by atoms with Crippen molar-refractivity contribution in [2.75, 3.05) is 25.7 Å². The number of carbonyl (C=O) groups excluding carboxylic acids is 2. The Labute approximate surface area is 123 Å². The second-order valence-electron chi connectivity index (χ2n) is 3.97. The van der Waals surface area contributed by atoms with Gasteiger partial charge in [0.15, 0.2) is 0 Å². The monoisotopic (exact) mass is 297 g/mol. The van der Waals surface area contributed by atoms with E-state index in [2.05, 4.69) is 10.1 Å². The molecule has 20 heavy (non-hydrogen) atoms. The lowest BCUT2D eigenvalue weighted by Gasteiger charge is -2.09. The number of hydrogen-bond acceptors (Lipinski definition) is 5. The summed E-state index contributed by atoms with van der Waals surface area (Å²) in [6.45, 7) is 0.431. The third-order valence-electron chi connectivity index (χ3n) is 2.58. The molecule has 0 bridgehead atoms. The van der Waals surface area contributed by atoms with Gasteiger partial charge in [-0.05, 0) is 6.07 Å². The molecule has 0 heterocycles. The van der Waals surface area contributed by atoms with E-state index >= 15 is 0 Å². The summed E-state index contributed by atoms with van der Waals surface area (Å²) in [7, 11) is 2.95. The van der Waals surface area contributed by atoms with Gasteiger partial charge in [0.05, 0.1) is 26.4 Å². The number of methoxy groups -OCH3 is 2. The summed E-state index contributed by atoms with van der Waals surface area (Å²) in [6, 6.07) is 7.54. The molecule has 0 radical (unpaired) electrons. The van der Waals surface area contributed by atoms with Gasteiger partial charge in [-0.1, -0.05) is 18.2 Å². The maximum atomic E-state index is 11.6. The Kier molecular flexibility index (Phi) is 7.57. The van der Waals surface area contributed by atoms with E-state index in [9.17, 15) is 9.59 Å². The largest absolute Gasteiger partial charge is 0.496 e. The van der Waals surface area contributed by atoms with E-state index in [1.807, 2.05) is 24.3 Å². The van der Waals surface area contributed by atoms with Gasteiger partial charge in [0.2, 0.25) is 5.91 Å². The molecule has 5 nitrogen and oxygen atoms in total. The molecule has 1 aromatic rings. The number of thioether (sulfide) groups is 1. The molecule has 6 heteroatoms. The first-order valence-corrected chi connectivity index (χ1v) is 7.36. The Morgan fingerprint density at radius 3 is 2.70 bits per heavy atom. The lowest BCUT2D eigenvalue weighted by Crippen LogP contribution is -2.25. The van der Waals surface area contributed by atoms with Crippen LogP contribution in [0.2, 0.25) is 0 Å². The van der Waals surface area contributed by atoms with E-state index in [4.69, 9.17) is 4.74 Å². The highest BCUT2D eigenvalue weighted by Crippen LogP contribution is 2.16. The molecule has 0 fully saturated rings. The van der Waals surface area contributed by atoms with Gasteiger partial charge in [-0.2, -0.15) is 11.8 Å². The standard InChI is InChI=1S/C14H19NO4S/c1-18-12-6-4-3-5-11(12)9-15-13(16)10-20-8-7-14(17)19-2/h3-6H,7-10H2,1-2H3,(H,15,16). The number of esters is 1. The van der Waals surface area contributed by atoms with E-state index in [1.54, 1.807) is 7.11 Å². The van der Waals surface area contributed by atoms with Gasteiger partial charge in [0.1, 0.15) is 5.75 Å². The second kappa shape index (κ2) is 9.25. The summed E-state index contributed by atoms with van der Waals surface area (Å²) in [5.74, 6) is 1.34. The van der Waals surface area contributed by atoms with E-state index in [0.29, 0.717) is 24.5 Å². The molecular weight excluding hydrogens is 278 g/mol. The Balaban J connectivity index is 2.24. The average Bonchev–Trinajstić information content (AvgIpc) is 2.49. The minimum atomic E-state index is -0.257. The van der Waals surface area contributed by atoms with Gasteiger partial charge in [-0.15, -0.1) is 0 Å². The molecule has 1 N–H and O–H groups in total. The molecule has 0 atom stereocenters. The third kappa shape index (κ3) is 5.97. The Hall–Kier alpha value is -1.69. The van der Waals surface area contributed by atoms with Gasteiger partial charge in [-0.3, -0.25) is 9.59 Å². The summed E-state index contributed by atoms with van der Waals surface area (Å²) in [5.41, 5.74) is 0.933. The number of para-hydroxylation sites is 1. The summed E-state index contributed by atoms with van der Waals surface area (Å²) in [5, 5.41) is 2.82. The highest BCUT2D eigenvalue weighted by atomic mass is 32.2. The maximum absolute atomic E-state index is 11.6. The van der Waals surface area contributed by atoms with Crippen molar-refractivity contribution in [2.24, 2.45) is 0 Å². The first-order valence-electron chi connectivity index (χ1n) is 6.20. The predicted molar refractivity (Wildman–Crippen MR) is 78.8 cm³/mol. The molecule has 0 aromatic heterocycles. The Bertz CT molecular complexity index is 451. The summed E-state index contributed by atoms with van der Waals surface area (Å²) in [4.78, 5) is 22.5. The number of rotatable bonds is 8. The topological polar surface area (TPSA) is 64.6 Å². The Morgan fingerprint density at radius 1 is 1.25 bits per heavy atom. The fourth-order valence-electron chi connectivity index (χ4n) is 1.52. The van der Waals surface area contributed by atoms with Gasteiger partial charge >= 0.3 is 5.97 Å². The van der Waals surface area contributed by atoms with Crippen molar-refractivity contribution in [1.29, 1.82) is 0 Å². The fraction of sp³-hybridized carbons (Fsp3) is 0.429. The zero-order chi connectivity index (χ0) is 14.8. The first kappa shape index (κ1) is 16.4. The van der Waals surface area contributed by atoms with Crippen LogP contribution in [0.4, 0.5) is 0 Å². The normalized spacial score (nSPS) is 9.90. The van der Waals surface area contributed by atoms with Crippen LogP contribution >= 0.6 is 11.8 Å². The lowest BCUT2D eigenvalue weighted by molar-refractivity contribution is -0.140. The number of nitrogens with one attached hydrogen (secondary N) is 1. The van der Waals surface area contributed by atoms with Crippen LogP contribution < -0.4 is 10.1 Å². The smallest absolute Gasteiger partial charge is 0.306 e. The highest BCUT2D eigenvalue weighted by molar-refractivity contribution is 7.99. The van der Waals surface area contributed by atoms with Crippen molar-refractivity contribution < 1.29 is 19.1 Å². The molecular formula is C14H19NO4S. The van der Waals surface area contributed by atoms with Gasteiger partial charge in [0.25, 0.3) is 0 Å². The van der Waals surface area contributed by atoms with Gasteiger partial charge in [-0.25, -0.2) is 0 Å². The molecule has 0 saturated carbocycles. The minimum absolute atomic E-state index is 0.0641. The lowest BCUT2D eigenvalue weighted by atomic mass is 10.2. The van der Waals surface area contributed by atoms with E-state index < -0.39 is 0 Å². The molecule has 0 spiro atoms. The van der Waals surface area contributed by atoms with E-state index in [1.165, 1.54) is 18.9 Å². The SMILES string of the molecule is COC(=O)CCSCC(=O)NCc1ccccc1OC. The maximum Gasteiger partial charge on any atom is 0.306 e. The van der Waals surface area contributed by atoms with Crippen LogP contribution in [0, 0.1) is 0 Å². The first-order chi connectivity index (χ1) is 9.67. The molecule has 0 unspecified atom stereocenters. The molecule has 0 saturated heterocycles. The molecule has 0 aliphatic carbocycles. The van der Waals surface area contributed by atoms with E-state index in [-0.39, 0.29) is 11.9 Å². The molecule has 0 aliphatic rings. The summed E-state index contributed by atoms with van der Waals surface area (Å²) < 4.78 is 9.73. The van der Waals surface area contributed by atoms with Crippen LogP contribution in [0.1, 0.15) is 12.0 Å². The van der Waals surface area contributed by atoms with E-state index in [0.717, 1.165) is 11.3 Å². The highest BCUT2D eigenvalue weighted by Gasteiger charge is 2.06. The molecule has 1 amide bonds. The fourth-order valence-corrected chi connectivity index (χ4v) is 2.26. The molecule has 1 aromatic carbocycles. The zero-order valence-corrected chi connectivity index (χ0v) is 12.5. The van der Waals surface area contributed by atoms with Crippen molar-refractivity contribution in [2.45, 2.75) is 13.0 Å². The zero-order valence-electron chi connectivity index (χ0n) is 11.7. The van der Waals surface area contributed by atoms with Crippen LogP contribution in [0.5, 0.6) is 5.75 Å². The summed E-state index contributed by atoms with van der Waals surface area (Å²) in [6.07, 6.45) is 0.320. The van der Waals surface area contributed by atoms with Gasteiger partial charge < -0.3 is 14.8 Å². The number of amides is 1. The quantitative estimate of drug-likeness (QED) is 0.583. The summed E-state index contributed by atoms with van der Waals surface area (Å²) >= 11 is 1.41. The van der Waals surface area contributed by atoms with Gasteiger partial charge in [0, 0.05) is 17.9 Å². The molecule has 0 aliphatic heterocycles.